The molecule has 1 rings (SSSR count). The maximum Gasteiger partial charge on any atom is 0.446 e. The van der Waals surface area contributed by atoms with Crippen LogP contribution in [0.25, 0.3) is 0 Å². The Bertz CT molecular complexity index is 446. The van der Waals surface area contributed by atoms with Crippen LogP contribution < -0.4 is 0 Å². The molecule has 0 aromatic heterocycles. The van der Waals surface area contributed by atoms with E-state index in [2.05, 4.69) is 0 Å². The number of amides is 1. The molecule has 0 saturated carbocycles. The monoisotopic (exact) mass is 307 g/mol. The van der Waals surface area contributed by atoms with Gasteiger partial charge in [-0.1, -0.05) is 0 Å². The van der Waals surface area contributed by atoms with E-state index in [1.807, 2.05) is 0 Å². The first-order valence-corrected chi connectivity index (χ1v) is 6.84. The average Bonchev–Trinajstić information content (AvgIpc) is 2.33. The van der Waals surface area contributed by atoms with E-state index in [0.29, 0.717) is 5.56 Å². The summed E-state index contributed by atoms with van der Waals surface area (Å²) in [5, 5.41) is 8.93. The molecule has 20 heavy (non-hydrogen) atoms. The number of benzene rings is 1. The summed E-state index contributed by atoms with van der Waals surface area (Å²) in [5.74, 6) is -0.308. The van der Waals surface area contributed by atoms with Crippen molar-refractivity contribution in [2.24, 2.45) is 0 Å². The van der Waals surface area contributed by atoms with Crippen molar-refractivity contribution in [2.45, 2.75) is 30.3 Å². The summed E-state index contributed by atoms with van der Waals surface area (Å²) in [6.45, 7) is 3.64. The van der Waals surface area contributed by atoms with E-state index in [-0.39, 0.29) is 41.8 Å². The highest BCUT2D eigenvalue weighted by Crippen LogP contribution is 2.36. The Kier molecular flexibility index (Phi) is 5.88. The predicted molar refractivity (Wildman–Crippen MR) is 71.6 cm³/mol. The molecule has 7 heteroatoms. The number of carbonyl (C=O) groups is 1. The van der Waals surface area contributed by atoms with E-state index in [4.69, 9.17) is 5.11 Å². The van der Waals surface area contributed by atoms with Crippen LogP contribution in [-0.4, -0.2) is 40.6 Å². The number of nitrogens with zero attached hydrogens (tertiary/aromatic N) is 1. The highest BCUT2D eigenvalue weighted by molar-refractivity contribution is 8.00. The van der Waals surface area contributed by atoms with Crippen LogP contribution >= 0.6 is 11.8 Å². The van der Waals surface area contributed by atoms with E-state index in [0.717, 1.165) is 0 Å². The lowest BCUT2D eigenvalue weighted by atomic mass is 10.1. The average molecular weight is 307 g/mol. The molecule has 112 valence electrons. The number of aliphatic hydroxyl groups is 1. The van der Waals surface area contributed by atoms with E-state index < -0.39 is 5.51 Å². The van der Waals surface area contributed by atoms with Crippen LogP contribution in [-0.2, 0) is 0 Å². The first-order valence-electron chi connectivity index (χ1n) is 6.02. The van der Waals surface area contributed by atoms with Gasteiger partial charge >= 0.3 is 5.51 Å². The number of carbonyl (C=O) groups excluding carboxylic acids is 1. The van der Waals surface area contributed by atoms with Crippen LogP contribution in [0.5, 0.6) is 0 Å². The Balaban J connectivity index is 2.84. The Morgan fingerprint density at radius 2 is 1.85 bits per heavy atom. The van der Waals surface area contributed by atoms with Gasteiger partial charge in [-0.2, -0.15) is 13.2 Å². The number of rotatable bonds is 5. The fraction of sp³-hybridized carbons (Fsp3) is 0.462. The van der Waals surface area contributed by atoms with Gasteiger partial charge in [-0.05, 0) is 49.9 Å². The van der Waals surface area contributed by atoms with Crippen molar-refractivity contribution in [2.75, 3.05) is 13.2 Å². The molecule has 0 radical (unpaired) electrons. The van der Waals surface area contributed by atoms with Crippen LogP contribution in [0.3, 0.4) is 0 Å². The first-order chi connectivity index (χ1) is 9.24. The maximum absolute atomic E-state index is 12.2. The van der Waals surface area contributed by atoms with Crippen molar-refractivity contribution >= 4 is 17.7 Å². The predicted octanol–water partition coefficient (Wildman–Crippen LogP) is 3.14. The molecule has 0 atom stereocenters. The minimum Gasteiger partial charge on any atom is -0.395 e. The molecule has 0 aliphatic rings. The van der Waals surface area contributed by atoms with Gasteiger partial charge in [0.2, 0.25) is 0 Å². The molecule has 0 bridgehead atoms. The molecule has 0 heterocycles. The normalized spacial score (nSPS) is 11.8. The standard InChI is InChI=1S/C13H16F3NO2S/c1-9(2)17(7-8-18)12(19)10-3-5-11(6-4-10)20-13(14,15)16/h3-6,9,18H,7-8H2,1-2H3. The van der Waals surface area contributed by atoms with Crippen molar-refractivity contribution in [3.63, 3.8) is 0 Å². The Labute approximate surface area is 119 Å². The summed E-state index contributed by atoms with van der Waals surface area (Å²) in [4.78, 5) is 13.7. The third-order valence-electron chi connectivity index (χ3n) is 2.56. The molecule has 0 aliphatic heterocycles. The second-order valence-corrected chi connectivity index (χ2v) is 5.53. The van der Waals surface area contributed by atoms with Gasteiger partial charge < -0.3 is 10.0 Å². The summed E-state index contributed by atoms with van der Waals surface area (Å²) in [5.41, 5.74) is -4.04. The number of hydrogen-bond donors (Lipinski definition) is 1. The largest absolute Gasteiger partial charge is 0.446 e. The summed E-state index contributed by atoms with van der Waals surface area (Å²) in [7, 11) is 0. The molecule has 1 aromatic carbocycles. The zero-order valence-corrected chi connectivity index (χ0v) is 12.0. The van der Waals surface area contributed by atoms with Crippen molar-refractivity contribution < 1.29 is 23.1 Å². The molecule has 0 fully saturated rings. The zero-order chi connectivity index (χ0) is 15.3. The van der Waals surface area contributed by atoms with Gasteiger partial charge in [0, 0.05) is 23.0 Å². The van der Waals surface area contributed by atoms with Crippen LogP contribution in [0.2, 0.25) is 0 Å². The third-order valence-corrected chi connectivity index (χ3v) is 3.30. The van der Waals surface area contributed by atoms with Crippen molar-refractivity contribution in [1.29, 1.82) is 0 Å². The van der Waals surface area contributed by atoms with E-state index in [1.54, 1.807) is 13.8 Å². The second kappa shape index (κ2) is 6.99. The quantitative estimate of drug-likeness (QED) is 0.850. The molecule has 0 unspecified atom stereocenters. The molecule has 1 amide bonds. The molecule has 0 spiro atoms. The highest BCUT2D eigenvalue weighted by atomic mass is 32.2. The van der Waals surface area contributed by atoms with Crippen molar-refractivity contribution in [1.82, 2.24) is 4.90 Å². The van der Waals surface area contributed by atoms with E-state index >= 15 is 0 Å². The number of halogens is 3. The van der Waals surface area contributed by atoms with Gasteiger partial charge in [0.1, 0.15) is 0 Å². The summed E-state index contributed by atoms with van der Waals surface area (Å²) in [6.07, 6.45) is 0. The molecular weight excluding hydrogens is 291 g/mol. The molecular formula is C13H16F3NO2S. The smallest absolute Gasteiger partial charge is 0.395 e. The fourth-order valence-electron chi connectivity index (χ4n) is 1.67. The summed E-state index contributed by atoms with van der Waals surface area (Å²) >= 11 is -0.219. The lowest BCUT2D eigenvalue weighted by molar-refractivity contribution is -0.0328. The molecule has 3 nitrogen and oxygen atoms in total. The molecule has 1 N–H and O–H groups in total. The second-order valence-electron chi connectivity index (χ2n) is 4.39. The Morgan fingerprint density at radius 3 is 2.25 bits per heavy atom. The molecule has 1 aromatic rings. The van der Waals surface area contributed by atoms with E-state index in [1.165, 1.54) is 29.2 Å². The van der Waals surface area contributed by atoms with Crippen molar-refractivity contribution in [3.8, 4) is 0 Å². The summed E-state index contributed by atoms with van der Waals surface area (Å²) < 4.78 is 36.6. The van der Waals surface area contributed by atoms with Gasteiger partial charge in [-0.3, -0.25) is 4.79 Å². The Hall–Kier alpha value is -1.21. The SMILES string of the molecule is CC(C)N(CCO)C(=O)c1ccc(SC(F)(F)F)cc1. The fourth-order valence-corrected chi connectivity index (χ4v) is 2.21. The zero-order valence-electron chi connectivity index (χ0n) is 11.1. The number of hydrogen-bond acceptors (Lipinski definition) is 3. The van der Waals surface area contributed by atoms with Gasteiger partial charge in [0.15, 0.2) is 0 Å². The van der Waals surface area contributed by atoms with Crippen LogP contribution in [0.1, 0.15) is 24.2 Å². The highest BCUT2D eigenvalue weighted by Gasteiger charge is 2.29. The molecule has 0 saturated heterocycles. The maximum atomic E-state index is 12.2. The van der Waals surface area contributed by atoms with Crippen LogP contribution in [0.15, 0.2) is 29.2 Å². The molecule has 0 aliphatic carbocycles. The number of aliphatic hydroxyl groups excluding tert-OH is 1. The minimum atomic E-state index is -4.34. The third kappa shape index (κ3) is 5.05. The van der Waals surface area contributed by atoms with Gasteiger partial charge in [-0.15, -0.1) is 0 Å². The van der Waals surface area contributed by atoms with Crippen LogP contribution in [0, 0.1) is 0 Å². The van der Waals surface area contributed by atoms with Gasteiger partial charge in [-0.25, -0.2) is 0 Å². The minimum absolute atomic E-state index is 0.0345. The lowest BCUT2D eigenvalue weighted by Crippen LogP contribution is -2.38. The van der Waals surface area contributed by atoms with Gasteiger partial charge in [0.05, 0.1) is 6.61 Å². The van der Waals surface area contributed by atoms with Crippen LogP contribution in [0.4, 0.5) is 13.2 Å². The van der Waals surface area contributed by atoms with Gasteiger partial charge in [0.25, 0.3) is 5.91 Å². The topological polar surface area (TPSA) is 40.5 Å². The summed E-state index contributed by atoms with van der Waals surface area (Å²) in [6, 6.07) is 5.16. The Morgan fingerprint density at radius 1 is 1.30 bits per heavy atom. The van der Waals surface area contributed by atoms with E-state index in [9.17, 15) is 18.0 Å². The number of thioether (sulfide) groups is 1. The first kappa shape index (κ1) is 16.8. The number of alkyl halides is 3. The lowest BCUT2D eigenvalue weighted by Gasteiger charge is -2.26. The van der Waals surface area contributed by atoms with Crippen molar-refractivity contribution in [3.05, 3.63) is 29.8 Å².